The molecule has 2 aromatic heterocycles. The lowest BCUT2D eigenvalue weighted by Crippen LogP contribution is -2.37. The third kappa shape index (κ3) is 3.26. The molecule has 182 valence electrons. The molecule has 0 fully saturated rings. The summed E-state index contributed by atoms with van der Waals surface area (Å²) >= 11 is 0. The van der Waals surface area contributed by atoms with Gasteiger partial charge in [-0.05, 0) is 17.7 Å². The molecular weight excluding hydrogens is 450 g/mol. The number of benzene rings is 2. The van der Waals surface area contributed by atoms with Gasteiger partial charge < -0.3 is 23.5 Å². The molecule has 3 heterocycles. The van der Waals surface area contributed by atoms with E-state index in [0.717, 1.165) is 15.8 Å². The molecule has 4 aromatic rings. The number of hydrogen-bond donors (Lipinski definition) is 0. The Kier molecular flexibility index (Phi) is 5.64. The van der Waals surface area contributed by atoms with Gasteiger partial charge in [0.05, 0.1) is 50.2 Å². The SMILES string of the molecule is COc1ccc([C@H]2OCCn3c(-c4ccccc4)c4c(=O)n(C)c(=O)n(C)c4c32)c(OC)c1OC. The first kappa shape index (κ1) is 22.8. The Balaban J connectivity index is 1.92. The van der Waals surface area contributed by atoms with Crippen LogP contribution in [0.5, 0.6) is 17.2 Å². The lowest BCUT2D eigenvalue weighted by Gasteiger charge is -2.29. The Morgan fingerprint density at radius 3 is 2.26 bits per heavy atom. The van der Waals surface area contributed by atoms with E-state index in [1.807, 2.05) is 36.4 Å². The standard InChI is InChI=1S/C26H27N3O6/c1-27-20-18(25(30)28(2)26(27)31)19(15-9-7-6-8-10-15)29-13-14-35-22(21(20)29)16-11-12-17(32-3)24(34-5)23(16)33-4/h6-12,22H,13-14H2,1-5H3/t22-/m1/s1. The summed E-state index contributed by atoms with van der Waals surface area (Å²) in [4.78, 5) is 26.5. The average Bonchev–Trinajstić information content (AvgIpc) is 3.25. The number of fused-ring (bicyclic) bond motifs is 3. The maximum atomic E-state index is 13.5. The first-order chi connectivity index (χ1) is 16.9. The molecule has 0 spiro atoms. The number of methoxy groups -OCH3 is 3. The van der Waals surface area contributed by atoms with Crippen molar-refractivity contribution in [3.63, 3.8) is 0 Å². The fraction of sp³-hybridized carbons (Fsp3) is 0.308. The molecule has 1 atom stereocenters. The number of rotatable bonds is 5. The molecule has 0 radical (unpaired) electrons. The van der Waals surface area contributed by atoms with Gasteiger partial charge in [-0.3, -0.25) is 13.9 Å². The lowest BCUT2D eigenvalue weighted by molar-refractivity contribution is 0.0461. The molecule has 0 amide bonds. The second kappa shape index (κ2) is 8.66. The van der Waals surface area contributed by atoms with Crippen LogP contribution < -0.4 is 25.5 Å². The van der Waals surface area contributed by atoms with Gasteiger partial charge in [0.25, 0.3) is 5.56 Å². The minimum atomic E-state index is -0.615. The number of aromatic nitrogens is 3. The van der Waals surface area contributed by atoms with Crippen molar-refractivity contribution in [2.45, 2.75) is 12.6 Å². The van der Waals surface area contributed by atoms with E-state index >= 15 is 0 Å². The van der Waals surface area contributed by atoms with Crippen LogP contribution in [0, 0.1) is 0 Å². The Morgan fingerprint density at radius 1 is 0.886 bits per heavy atom. The molecular formula is C26H27N3O6. The van der Waals surface area contributed by atoms with E-state index in [-0.39, 0.29) is 5.56 Å². The number of hydrogen-bond acceptors (Lipinski definition) is 6. The monoisotopic (exact) mass is 477 g/mol. The fourth-order valence-corrected chi connectivity index (χ4v) is 5.04. The van der Waals surface area contributed by atoms with Crippen molar-refractivity contribution >= 4 is 10.9 Å². The Labute approximate surface area is 201 Å². The van der Waals surface area contributed by atoms with Gasteiger partial charge in [-0.2, -0.15) is 0 Å². The van der Waals surface area contributed by atoms with Gasteiger partial charge in [0.15, 0.2) is 11.5 Å². The summed E-state index contributed by atoms with van der Waals surface area (Å²) < 4.78 is 27.9. The summed E-state index contributed by atoms with van der Waals surface area (Å²) in [6.07, 6.45) is -0.615. The van der Waals surface area contributed by atoms with Gasteiger partial charge in [-0.25, -0.2) is 4.79 Å². The average molecular weight is 478 g/mol. The van der Waals surface area contributed by atoms with E-state index in [9.17, 15) is 9.59 Å². The minimum absolute atomic E-state index is 0.345. The minimum Gasteiger partial charge on any atom is -0.493 e. The third-order valence-electron chi connectivity index (χ3n) is 6.62. The van der Waals surface area contributed by atoms with Crippen molar-refractivity contribution in [3.05, 3.63) is 74.6 Å². The van der Waals surface area contributed by atoms with Crippen molar-refractivity contribution in [1.29, 1.82) is 0 Å². The molecule has 0 N–H and O–H groups in total. The van der Waals surface area contributed by atoms with Gasteiger partial charge in [-0.15, -0.1) is 0 Å². The predicted molar refractivity (Wildman–Crippen MR) is 132 cm³/mol. The highest BCUT2D eigenvalue weighted by Gasteiger charge is 2.35. The summed E-state index contributed by atoms with van der Waals surface area (Å²) in [5.74, 6) is 1.43. The van der Waals surface area contributed by atoms with Crippen molar-refractivity contribution in [2.24, 2.45) is 14.1 Å². The molecule has 0 aliphatic carbocycles. The second-order valence-electron chi connectivity index (χ2n) is 8.36. The van der Waals surface area contributed by atoms with Gasteiger partial charge in [0.2, 0.25) is 5.75 Å². The second-order valence-corrected chi connectivity index (χ2v) is 8.36. The smallest absolute Gasteiger partial charge is 0.331 e. The van der Waals surface area contributed by atoms with Crippen LogP contribution in [0.1, 0.15) is 17.4 Å². The largest absolute Gasteiger partial charge is 0.493 e. The Morgan fingerprint density at radius 2 is 1.60 bits per heavy atom. The molecule has 2 aromatic carbocycles. The number of nitrogens with zero attached hydrogens (tertiary/aromatic N) is 3. The summed E-state index contributed by atoms with van der Waals surface area (Å²) in [6, 6.07) is 13.4. The van der Waals surface area contributed by atoms with Crippen LogP contribution in [-0.4, -0.2) is 41.6 Å². The normalized spacial score (nSPS) is 15.2. The fourth-order valence-electron chi connectivity index (χ4n) is 5.04. The topological polar surface area (TPSA) is 85.9 Å². The zero-order valence-corrected chi connectivity index (χ0v) is 20.3. The zero-order chi connectivity index (χ0) is 24.9. The predicted octanol–water partition coefficient (Wildman–Crippen LogP) is 2.85. The molecule has 1 aliphatic rings. The molecule has 9 nitrogen and oxygen atoms in total. The van der Waals surface area contributed by atoms with Crippen LogP contribution in [0.2, 0.25) is 0 Å². The van der Waals surface area contributed by atoms with E-state index in [1.165, 1.54) is 11.6 Å². The summed E-state index contributed by atoms with van der Waals surface area (Å²) in [7, 11) is 7.84. The van der Waals surface area contributed by atoms with E-state index in [1.54, 1.807) is 34.4 Å². The molecule has 0 saturated heterocycles. The maximum absolute atomic E-state index is 13.5. The van der Waals surface area contributed by atoms with Crippen LogP contribution in [0.3, 0.4) is 0 Å². The number of aryl methyl sites for hydroxylation is 1. The van der Waals surface area contributed by atoms with Crippen molar-refractivity contribution in [1.82, 2.24) is 13.7 Å². The summed E-state index contributed by atoms with van der Waals surface area (Å²) in [6.45, 7) is 0.932. The van der Waals surface area contributed by atoms with E-state index < -0.39 is 11.8 Å². The molecule has 1 aliphatic heterocycles. The highest BCUT2D eigenvalue weighted by Crippen LogP contribution is 2.47. The van der Waals surface area contributed by atoms with Gasteiger partial charge in [0, 0.05) is 26.2 Å². The molecule has 0 unspecified atom stereocenters. The quantitative estimate of drug-likeness (QED) is 0.440. The van der Waals surface area contributed by atoms with Crippen LogP contribution in [0.4, 0.5) is 0 Å². The van der Waals surface area contributed by atoms with E-state index in [4.69, 9.17) is 18.9 Å². The first-order valence-corrected chi connectivity index (χ1v) is 11.2. The van der Waals surface area contributed by atoms with E-state index in [0.29, 0.717) is 52.6 Å². The summed E-state index contributed by atoms with van der Waals surface area (Å²) in [5, 5.41) is 0.478. The Bertz CT molecular complexity index is 1550. The molecule has 5 rings (SSSR count). The van der Waals surface area contributed by atoms with Crippen molar-refractivity contribution in [2.75, 3.05) is 27.9 Å². The number of ether oxygens (including phenoxy) is 4. The molecule has 9 heteroatoms. The molecule has 0 saturated carbocycles. The zero-order valence-electron chi connectivity index (χ0n) is 20.3. The maximum Gasteiger partial charge on any atom is 0.331 e. The molecule has 35 heavy (non-hydrogen) atoms. The highest BCUT2D eigenvalue weighted by molar-refractivity contribution is 5.96. The highest BCUT2D eigenvalue weighted by atomic mass is 16.5. The first-order valence-electron chi connectivity index (χ1n) is 11.2. The van der Waals surface area contributed by atoms with Crippen LogP contribution >= 0.6 is 0 Å². The third-order valence-corrected chi connectivity index (χ3v) is 6.62. The molecule has 0 bridgehead atoms. The van der Waals surface area contributed by atoms with Crippen molar-refractivity contribution < 1.29 is 18.9 Å². The van der Waals surface area contributed by atoms with Crippen molar-refractivity contribution in [3.8, 4) is 28.5 Å². The van der Waals surface area contributed by atoms with Gasteiger partial charge in [0.1, 0.15) is 6.10 Å². The van der Waals surface area contributed by atoms with Crippen LogP contribution in [0.15, 0.2) is 52.1 Å². The summed E-state index contributed by atoms with van der Waals surface area (Å²) in [5.41, 5.74) is 2.87. The Hall–Kier alpha value is -3.98. The van der Waals surface area contributed by atoms with Crippen LogP contribution in [0.25, 0.3) is 22.2 Å². The van der Waals surface area contributed by atoms with Crippen LogP contribution in [-0.2, 0) is 25.4 Å². The van der Waals surface area contributed by atoms with Gasteiger partial charge >= 0.3 is 5.69 Å². The lowest BCUT2D eigenvalue weighted by atomic mass is 10.0. The van der Waals surface area contributed by atoms with E-state index in [2.05, 4.69) is 4.57 Å². The van der Waals surface area contributed by atoms with Gasteiger partial charge in [-0.1, -0.05) is 30.3 Å².